The highest BCUT2D eigenvalue weighted by Crippen LogP contribution is 2.38. The van der Waals surface area contributed by atoms with Crippen LogP contribution in [0.5, 0.6) is 0 Å². The van der Waals surface area contributed by atoms with Gasteiger partial charge in [-0.1, -0.05) is 34.8 Å². The second-order valence-electron chi connectivity index (χ2n) is 10.6. The van der Waals surface area contributed by atoms with Gasteiger partial charge in [-0.3, -0.25) is 15.0 Å². The lowest BCUT2D eigenvalue weighted by atomic mass is 10.2. The first kappa shape index (κ1) is 35.7. The number of anilines is 2. The Bertz CT molecular complexity index is 1820. The van der Waals surface area contributed by atoms with Crippen LogP contribution >= 0.6 is 34.8 Å². The molecule has 6 heterocycles. The fraction of sp³-hybridized carbons (Fsp3) is 0.462. The van der Waals surface area contributed by atoms with Gasteiger partial charge in [-0.2, -0.15) is 36.5 Å². The monoisotopic (exact) mass is 744 g/mol. The number of morpholine rings is 2. The fourth-order valence-corrected chi connectivity index (χ4v) is 5.48. The molecule has 4 aromatic heterocycles. The smallest absolute Gasteiger partial charge is 0.377 e. The lowest BCUT2D eigenvalue weighted by Crippen LogP contribution is -2.44. The fourth-order valence-electron chi connectivity index (χ4n) is 4.92. The van der Waals surface area contributed by atoms with Crippen LogP contribution in [0.25, 0.3) is 22.8 Å². The maximum atomic E-state index is 13.1. The van der Waals surface area contributed by atoms with E-state index in [1.165, 1.54) is 0 Å². The zero-order valence-electron chi connectivity index (χ0n) is 24.8. The first-order valence-corrected chi connectivity index (χ1v) is 15.1. The lowest BCUT2D eigenvalue weighted by molar-refractivity contribution is -0.141. The number of H-pyrrole nitrogens is 3. The highest BCUT2D eigenvalue weighted by Gasteiger charge is 2.38. The van der Waals surface area contributed by atoms with E-state index in [1.54, 1.807) is 4.90 Å². The number of halogens is 9. The van der Waals surface area contributed by atoms with Gasteiger partial charge in [-0.15, -0.1) is 0 Å². The molecule has 6 rings (SSSR count). The molecule has 2 atom stereocenters. The molecule has 48 heavy (non-hydrogen) atoms. The Labute approximate surface area is 281 Å². The predicted molar refractivity (Wildman–Crippen MR) is 162 cm³/mol. The van der Waals surface area contributed by atoms with Crippen molar-refractivity contribution in [1.29, 1.82) is 0 Å². The van der Waals surface area contributed by atoms with E-state index in [9.17, 15) is 31.1 Å². The number of alkyl halides is 6. The highest BCUT2D eigenvalue weighted by molar-refractivity contribution is 6.42. The Kier molecular flexibility index (Phi) is 10.4. The van der Waals surface area contributed by atoms with Crippen LogP contribution in [0.4, 0.5) is 38.0 Å². The third-order valence-corrected chi connectivity index (χ3v) is 8.32. The van der Waals surface area contributed by atoms with E-state index in [-0.39, 0.29) is 61.7 Å². The Morgan fingerprint density at radius 2 is 1.27 bits per heavy atom. The quantitative estimate of drug-likeness (QED) is 0.181. The van der Waals surface area contributed by atoms with Crippen molar-refractivity contribution in [2.45, 2.75) is 38.3 Å². The summed E-state index contributed by atoms with van der Waals surface area (Å²) in [5.41, 5.74) is -3.48. The molecule has 2 aliphatic heterocycles. The van der Waals surface area contributed by atoms with Gasteiger partial charge in [0.2, 0.25) is 0 Å². The molecule has 2 fully saturated rings. The summed E-state index contributed by atoms with van der Waals surface area (Å²) < 4.78 is 88.9. The van der Waals surface area contributed by atoms with E-state index in [4.69, 9.17) is 44.3 Å². The van der Waals surface area contributed by atoms with Crippen molar-refractivity contribution in [3.05, 3.63) is 49.3 Å². The average Bonchev–Trinajstić information content (AvgIpc) is 3.72. The van der Waals surface area contributed by atoms with Crippen molar-refractivity contribution < 1.29 is 35.8 Å². The molecule has 260 valence electrons. The van der Waals surface area contributed by atoms with Gasteiger partial charge in [-0.05, 0) is 13.8 Å². The maximum Gasteiger partial charge on any atom is 0.433 e. The van der Waals surface area contributed by atoms with E-state index >= 15 is 0 Å². The van der Waals surface area contributed by atoms with Crippen molar-refractivity contribution >= 4 is 46.4 Å². The van der Waals surface area contributed by atoms with Crippen molar-refractivity contribution in [1.82, 2.24) is 40.3 Å². The predicted octanol–water partition coefficient (Wildman–Crippen LogP) is 5.47. The van der Waals surface area contributed by atoms with E-state index < -0.39 is 29.3 Å². The van der Waals surface area contributed by atoms with Gasteiger partial charge in [0.05, 0.1) is 62.0 Å². The second-order valence-corrected chi connectivity index (χ2v) is 11.7. The van der Waals surface area contributed by atoms with Gasteiger partial charge < -0.3 is 24.3 Å². The van der Waals surface area contributed by atoms with Crippen LogP contribution in [0.1, 0.15) is 25.2 Å². The van der Waals surface area contributed by atoms with Crippen LogP contribution in [0, 0.1) is 0 Å². The van der Waals surface area contributed by atoms with Crippen LogP contribution in [0.3, 0.4) is 0 Å². The Morgan fingerprint density at radius 1 is 0.771 bits per heavy atom. The van der Waals surface area contributed by atoms with E-state index in [2.05, 4.69) is 30.1 Å². The molecule has 0 spiro atoms. The molecule has 0 aliphatic carbocycles. The molecule has 0 amide bonds. The zero-order valence-corrected chi connectivity index (χ0v) is 27.1. The summed E-state index contributed by atoms with van der Waals surface area (Å²) in [5, 5.41) is 10.4. The van der Waals surface area contributed by atoms with Crippen LogP contribution in [0.2, 0.25) is 15.2 Å². The molecular formula is C26H25Cl3F6N10O3. The van der Waals surface area contributed by atoms with Crippen LogP contribution in [-0.2, 0) is 21.8 Å². The summed E-state index contributed by atoms with van der Waals surface area (Å²) in [5.74, 6) is -0.0457. The minimum absolute atomic E-state index is 0.0542. The van der Waals surface area contributed by atoms with Crippen LogP contribution < -0.4 is 15.4 Å². The molecule has 0 aromatic carbocycles. The van der Waals surface area contributed by atoms with E-state index in [0.717, 1.165) is 12.4 Å². The molecule has 4 aromatic rings. The number of nitrogens with zero attached hydrogens (tertiary/aromatic N) is 7. The van der Waals surface area contributed by atoms with E-state index in [0.29, 0.717) is 39.5 Å². The Balaban J connectivity index is 0.000000188. The highest BCUT2D eigenvalue weighted by atomic mass is 35.5. The molecule has 0 bridgehead atoms. The summed E-state index contributed by atoms with van der Waals surface area (Å²) in [7, 11) is 0. The third-order valence-electron chi connectivity index (χ3n) is 7.26. The minimum Gasteiger partial charge on any atom is -0.377 e. The van der Waals surface area contributed by atoms with Crippen molar-refractivity contribution in [3.63, 3.8) is 0 Å². The first-order valence-electron chi connectivity index (χ1n) is 14.0. The number of hydrogen-bond donors (Lipinski definition) is 3. The molecule has 0 radical (unpaired) electrons. The van der Waals surface area contributed by atoms with Gasteiger partial charge in [-0.25, -0.2) is 15.0 Å². The number of hydrogen-bond acceptors (Lipinski definition) is 10. The lowest BCUT2D eigenvalue weighted by Gasteiger charge is -2.34. The normalized spacial score (nSPS) is 18.9. The topological polar surface area (TPSA) is 154 Å². The molecule has 0 unspecified atom stereocenters. The number of aromatic amines is 3. The minimum atomic E-state index is -4.66. The molecule has 22 heteroatoms. The number of aromatic nitrogens is 8. The van der Waals surface area contributed by atoms with Crippen molar-refractivity contribution in [3.8, 4) is 22.8 Å². The van der Waals surface area contributed by atoms with Gasteiger partial charge >= 0.3 is 12.4 Å². The second kappa shape index (κ2) is 14.1. The summed E-state index contributed by atoms with van der Waals surface area (Å²) in [6, 6.07) is -0.175. The Morgan fingerprint density at radius 3 is 1.79 bits per heavy atom. The van der Waals surface area contributed by atoms with Crippen molar-refractivity contribution in [2.75, 3.05) is 49.3 Å². The summed E-state index contributed by atoms with van der Waals surface area (Å²) in [6.45, 7) is 6.37. The van der Waals surface area contributed by atoms with Crippen LogP contribution in [-0.4, -0.2) is 91.9 Å². The maximum absolute atomic E-state index is 13.1. The van der Waals surface area contributed by atoms with Gasteiger partial charge in [0.25, 0.3) is 5.56 Å². The third kappa shape index (κ3) is 7.49. The number of nitrogens with one attached hydrogen (secondary N) is 3. The molecule has 3 N–H and O–H groups in total. The van der Waals surface area contributed by atoms with Gasteiger partial charge in [0, 0.05) is 13.1 Å². The molecule has 2 saturated heterocycles. The summed E-state index contributed by atoms with van der Waals surface area (Å²) >= 11 is 18.2. The number of ether oxygens (including phenoxy) is 2. The summed E-state index contributed by atoms with van der Waals surface area (Å²) in [6.07, 6.45) is -7.30. The molecule has 2 aliphatic rings. The number of rotatable bonds is 4. The average molecular weight is 746 g/mol. The molecule has 13 nitrogen and oxygen atoms in total. The largest absolute Gasteiger partial charge is 0.433 e. The van der Waals surface area contributed by atoms with Gasteiger partial charge in [0.1, 0.15) is 15.9 Å². The molecular weight excluding hydrogens is 721 g/mol. The van der Waals surface area contributed by atoms with E-state index in [1.807, 2.05) is 28.9 Å². The van der Waals surface area contributed by atoms with Crippen molar-refractivity contribution in [2.24, 2.45) is 0 Å². The molecule has 0 saturated carbocycles. The standard InChI is InChI=1S/C13H12Cl2F3N5O.C13H13ClF3N5O2/c1-6-5-24-3-2-23(6)12-8(14)10(15)20-11(21-12)7-4-19-22-9(7)13(16,17)18;1-6-5-24-3-2-22(6)11-8(14)12(23)20-10(19-11)7-4-18-21-9(7)13(15,16)17/h4,6H,2-3,5H2,1H3,(H,19,22);4,6H,2-3,5H2,1H3,(H,18,21)(H,19,20,23)/t2*6-/m11/s1. The zero-order chi connectivity index (χ0) is 35.0. The summed E-state index contributed by atoms with van der Waals surface area (Å²) in [4.78, 5) is 30.1. The Hall–Kier alpha value is -3.65. The first-order chi connectivity index (χ1) is 22.6. The SMILES string of the molecule is C[C@@H]1COCCN1c1nc(-c2cn[nH]c2C(F)(F)F)[nH]c(=O)c1Cl.C[C@@H]1COCCN1c1nc(-c2cn[nH]c2C(F)(F)F)nc(Cl)c1Cl. The van der Waals surface area contributed by atoms with Gasteiger partial charge in [0.15, 0.2) is 34.0 Å². The van der Waals surface area contributed by atoms with Crippen LogP contribution in [0.15, 0.2) is 17.2 Å².